The van der Waals surface area contributed by atoms with Gasteiger partial charge < -0.3 is 9.52 Å². The van der Waals surface area contributed by atoms with E-state index < -0.39 is 11.8 Å². The van der Waals surface area contributed by atoms with Gasteiger partial charge in [0.25, 0.3) is 0 Å². The zero-order valence-corrected chi connectivity index (χ0v) is 15.1. The third kappa shape index (κ3) is 3.16. The van der Waals surface area contributed by atoms with E-state index in [1.54, 1.807) is 30.3 Å². The van der Waals surface area contributed by atoms with Gasteiger partial charge >= 0.3 is 5.97 Å². The van der Waals surface area contributed by atoms with Gasteiger partial charge in [0.05, 0.1) is 21.1 Å². The Balaban J connectivity index is 1.86. The number of rotatable bonds is 3. The third-order valence-corrected chi connectivity index (χ3v) is 4.90. The van der Waals surface area contributed by atoms with Gasteiger partial charge in [-0.1, -0.05) is 29.3 Å². The van der Waals surface area contributed by atoms with Crippen LogP contribution in [0.15, 0.2) is 59.0 Å². The number of benzene rings is 2. The van der Waals surface area contributed by atoms with Crippen LogP contribution in [-0.4, -0.2) is 16.1 Å². The van der Waals surface area contributed by atoms with Gasteiger partial charge in [-0.3, -0.25) is 0 Å². The van der Waals surface area contributed by atoms with Crippen molar-refractivity contribution in [3.05, 3.63) is 76.0 Å². The Bertz CT molecular complexity index is 1200. The smallest absolute Gasteiger partial charge is 0.336 e. The fourth-order valence-corrected chi connectivity index (χ4v) is 3.21. The maximum atomic E-state index is 13.5. The second-order valence-electron chi connectivity index (χ2n) is 5.79. The Morgan fingerprint density at radius 1 is 1.04 bits per heavy atom. The lowest BCUT2D eigenvalue weighted by atomic mass is 10.1. The monoisotopic (exact) mass is 401 g/mol. The number of pyridine rings is 1. The predicted octanol–water partition coefficient (Wildman–Crippen LogP) is 6.31. The maximum absolute atomic E-state index is 13.5. The standard InChI is InChI=1S/C20H10Cl2FNO3/c21-14-3-1-2-11(19(14)22)17-6-7-18(27-17)16-9-13(20(25)26)12-8-10(23)4-5-15(12)24-16/h1-9H,(H,25,26). The third-order valence-electron chi connectivity index (χ3n) is 4.08. The van der Waals surface area contributed by atoms with Crippen molar-refractivity contribution in [1.29, 1.82) is 0 Å². The number of carboxylic acid groups (broad SMARTS) is 1. The lowest BCUT2D eigenvalue weighted by Gasteiger charge is -2.06. The van der Waals surface area contributed by atoms with Crippen LogP contribution >= 0.6 is 23.2 Å². The van der Waals surface area contributed by atoms with E-state index in [9.17, 15) is 14.3 Å². The number of aromatic nitrogens is 1. The van der Waals surface area contributed by atoms with E-state index in [0.29, 0.717) is 38.3 Å². The van der Waals surface area contributed by atoms with E-state index in [-0.39, 0.29) is 10.9 Å². The van der Waals surface area contributed by atoms with Gasteiger partial charge in [0.1, 0.15) is 17.3 Å². The number of carboxylic acids is 1. The van der Waals surface area contributed by atoms with Crippen LogP contribution in [0.3, 0.4) is 0 Å². The Hall–Kier alpha value is -2.89. The lowest BCUT2D eigenvalue weighted by molar-refractivity contribution is 0.0699. The predicted molar refractivity (Wildman–Crippen MR) is 102 cm³/mol. The first-order valence-electron chi connectivity index (χ1n) is 7.82. The minimum absolute atomic E-state index is 0.0618. The molecule has 0 aliphatic rings. The van der Waals surface area contributed by atoms with Crippen molar-refractivity contribution in [2.75, 3.05) is 0 Å². The zero-order chi connectivity index (χ0) is 19.1. The summed E-state index contributed by atoms with van der Waals surface area (Å²) < 4.78 is 19.3. The minimum atomic E-state index is -1.18. The first kappa shape index (κ1) is 17.5. The van der Waals surface area contributed by atoms with Gasteiger partial charge in [0, 0.05) is 10.9 Å². The van der Waals surface area contributed by atoms with Crippen LogP contribution in [0.2, 0.25) is 10.0 Å². The van der Waals surface area contributed by atoms with Crippen molar-refractivity contribution in [3.8, 4) is 22.8 Å². The molecule has 0 atom stereocenters. The average molecular weight is 402 g/mol. The summed E-state index contributed by atoms with van der Waals surface area (Å²) in [5.41, 5.74) is 1.21. The van der Waals surface area contributed by atoms with Gasteiger partial charge in [0.2, 0.25) is 0 Å². The highest BCUT2D eigenvalue weighted by Crippen LogP contribution is 2.36. The van der Waals surface area contributed by atoms with E-state index in [1.165, 1.54) is 18.2 Å². The summed E-state index contributed by atoms with van der Waals surface area (Å²) >= 11 is 12.3. The summed E-state index contributed by atoms with van der Waals surface area (Å²) in [7, 11) is 0. The molecule has 2 aromatic heterocycles. The SMILES string of the molecule is O=C(O)c1cc(-c2ccc(-c3cccc(Cl)c3Cl)o2)nc2ccc(F)cc12. The quantitative estimate of drug-likeness (QED) is 0.437. The van der Waals surface area contributed by atoms with E-state index in [2.05, 4.69) is 4.98 Å². The molecule has 0 aliphatic carbocycles. The van der Waals surface area contributed by atoms with E-state index >= 15 is 0 Å². The number of fused-ring (bicyclic) bond motifs is 1. The molecule has 134 valence electrons. The number of halogens is 3. The number of furan rings is 1. The van der Waals surface area contributed by atoms with Crippen molar-refractivity contribution in [2.45, 2.75) is 0 Å². The molecule has 0 saturated heterocycles. The molecule has 0 aliphatic heterocycles. The van der Waals surface area contributed by atoms with Crippen molar-refractivity contribution in [2.24, 2.45) is 0 Å². The van der Waals surface area contributed by atoms with E-state index in [0.717, 1.165) is 6.07 Å². The first-order chi connectivity index (χ1) is 12.9. The molecule has 0 fully saturated rings. The molecule has 0 unspecified atom stereocenters. The molecular formula is C20H10Cl2FNO3. The van der Waals surface area contributed by atoms with Gasteiger partial charge in [-0.2, -0.15) is 0 Å². The second kappa shape index (κ2) is 6.68. The molecule has 0 radical (unpaired) electrons. The summed E-state index contributed by atoms with van der Waals surface area (Å²) in [6, 6.07) is 13.7. The van der Waals surface area contributed by atoms with Crippen molar-refractivity contribution in [1.82, 2.24) is 4.98 Å². The van der Waals surface area contributed by atoms with Crippen LogP contribution in [0.4, 0.5) is 4.39 Å². The molecule has 2 aromatic carbocycles. The molecule has 27 heavy (non-hydrogen) atoms. The topological polar surface area (TPSA) is 63.3 Å². The van der Waals surface area contributed by atoms with E-state index in [1.807, 2.05) is 0 Å². The second-order valence-corrected chi connectivity index (χ2v) is 6.57. The molecule has 7 heteroatoms. The fourth-order valence-electron chi connectivity index (χ4n) is 2.82. The highest BCUT2D eigenvalue weighted by Gasteiger charge is 2.17. The molecule has 0 bridgehead atoms. The lowest BCUT2D eigenvalue weighted by Crippen LogP contribution is -2.00. The summed E-state index contributed by atoms with van der Waals surface area (Å²) in [6.07, 6.45) is 0. The molecule has 2 heterocycles. The van der Waals surface area contributed by atoms with Crippen LogP contribution in [0, 0.1) is 5.82 Å². The average Bonchev–Trinajstić information content (AvgIpc) is 3.13. The first-order valence-corrected chi connectivity index (χ1v) is 8.58. The molecule has 0 spiro atoms. The zero-order valence-electron chi connectivity index (χ0n) is 13.5. The summed E-state index contributed by atoms with van der Waals surface area (Å²) in [4.78, 5) is 16.0. The van der Waals surface area contributed by atoms with Crippen LogP contribution < -0.4 is 0 Å². The minimum Gasteiger partial charge on any atom is -0.478 e. The van der Waals surface area contributed by atoms with Crippen LogP contribution in [0.5, 0.6) is 0 Å². The van der Waals surface area contributed by atoms with Crippen LogP contribution in [0.25, 0.3) is 33.7 Å². The van der Waals surface area contributed by atoms with E-state index in [4.69, 9.17) is 27.6 Å². The summed E-state index contributed by atoms with van der Waals surface area (Å²) in [5, 5.41) is 10.5. The number of hydrogen-bond donors (Lipinski definition) is 1. The Kier molecular flexibility index (Phi) is 4.34. The Labute approximate surface area is 162 Å². The molecule has 0 amide bonds. The molecule has 1 N–H and O–H groups in total. The number of aromatic carboxylic acids is 1. The number of carbonyl (C=O) groups is 1. The molecule has 4 rings (SSSR count). The van der Waals surface area contributed by atoms with Crippen molar-refractivity contribution >= 4 is 40.1 Å². The molecule has 0 saturated carbocycles. The summed E-state index contributed by atoms with van der Waals surface area (Å²) in [6.45, 7) is 0. The van der Waals surface area contributed by atoms with Gasteiger partial charge in [-0.05, 0) is 48.5 Å². The van der Waals surface area contributed by atoms with Gasteiger partial charge in [-0.25, -0.2) is 14.2 Å². The Morgan fingerprint density at radius 3 is 2.59 bits per heavy atom. The number of hydrogen-bond acceptors (Lipinski definition) is 3. The molecule has 4 nitrogen and oxygen atoms in total. The largest absolute Gasteiger partial charge is 0.478 e. The highest BCUT2D eigenvalue weighted by molar-refractivity contribution is 6.43. The maximum Gasteiger partial charge on any atom is 0.336 e. The number of nitrogens with zero attached hydrogens (tertiary/aromatic N) is 1. The highest BCUT2D eigenvalue weighted by atomic mass is 35.5. The van der Waals surface area contributed by atoms with Crippen LogP contribution in [-0.2, 0) is 0 Å². The van der Waals surface area contributed by atoms with Crippen molar-refractivity contribution in [3.63, 3.8) is 0 Å². The van der Waals surface area contributed by atoms with Crippen LogP contribution in [0.1, 0.15) is 10.4 Å². The summed E-state index contributed by atoms with van der Waals surface area (Å²) in [5.74, 6) is -0.889. The van der Waals surface area contributed by atoms with Crippen molar-refractivity contribution < 1.29 is 18.7 Å². The Morgan fingerprint density at radius 2 is 1.81 bits per heavy atom. The van der Waals surface area contributed by atoms with Gasteiger partial charge in [-0.15, -0.1) is 0 Å². The molecular weight excluding hydrogens is 392 g/mol. The normalized spacial score (nSPS) is 11.1. The van der Waals surface area contributed by atoms with Gasteiger partial charge in [0.15, 0.2) is 5.76 Å². The fraction of sp³-hybridized carbons (Fsp3) is 0. The molecule has 4 aromatic rings.